The van der Waals surface area contributed by atoms with Crippen molar-refractivity contribution in [1.29, 1.82) is 0 Å². The van der Waals surface area contributed by atoms with Crippen LogP contribution < -0.4 is 21.5 Å². The van der Waals surface area contributed by atoms with Crippen molar-refractivity contribution >= 4 is 35.2 Å². The average Bonchev–Trinajstić information content (AvgIpc) is 3.14. The SMILES string of the molecule is CCC(NC(=O)N1Cc2nn(CC)c(=O)n2CC(Cc2cc(Cl)ccc2OC)C1=O)c1ccc(C(=O)O)c(N)c1. The number of carbonyl (C=O) groups is 3. The van der Waals surface area contributed by atoms with Gasteiger partial charge in [-0.1, -0.05) is 24.6 Å². The number of ether oxygens (including phenoxy) is 1. The molecular formula is C27H31ClN6O6. The molecule has 13 heteroatoms. The van der Waals surface area contributed by atoms with Crippen LogP contribution >= 0.6 is 11.6 Å². The highest BCUT2D eigenvalue weighted by atomic mass is 35.5. The van der Waals surface area contributed by atoms with Crippen LogP contribution in [-0.4, -0.2) is 49.4 Å². The molecule has 2 atom stereocenters. The maximum atomic E-state index is 13.8. The number of carboxylic acid groups (broad SMARTS) is 1. The van der Waals surface area contributed by atoms with Crippen molar-refractivity contribution in [3.05, 3.63) is 74.4 Å². The summed E-state index contributed by atoms with van der Waals surface area (Å²) in [4.78, 5) is 52.9. The van der Waals surface area contributed by atoms with Crippen LogP contribution in [-0.2, 0) is 30.8 Å². The number of amides is 3. The van der Waals surface area contributed by atoms with Crippen LogP contribution in [0.5, 0.6) is 5.75 Å². The van der Waals surface area contributed by atoms with Gasteiger partial charge in [-0.2, -0.15) is 5.10 Å². The number of aromatic carboxylic acids is 1. The zero-order valence-electron chi connectivity index (χ0n) is 22.4. The summed E-state index contributed by atoms with van der Waals surface area (Å²) in [6.07, 6.45) is 0.609. The number of halogens is 1. The van der Waals surface area contributed by atoms with Crippen molar-refractivity contribution in [3.8, 4) is 5.75 Å². The van der Waals surface area contributed by atoms with Crippen molar-refractivity contribution in [2.45, 2.75) is 52.4 Å². The van der Waals surface area contributed by atoms with E-state index >= 15 is 0 Å². The third-order valence-corrected chi connectivity index (χ3v) is 7.22. The lowest BCUT2D eigenvalue weighted by atomic mass is 9.97. The van der Waals surface area contributed by atoms with Gasteiger partial charge in [0.2, 0.25) is 5.91 Å². The minimum atomic E-state index is -1.16. The molecule has 12 nitrogen and oxygen atoms in total. The van der Waals surface area contributed by atoms with E-state index in [1.165, 1.54) is 28.5 Å². The van der Waals surface area contributed by atoms with Crippen LogP contribution in [0.4, 0.5) is 10.5 Å². The number of fused-ring (bicyclic) bond motifs is 1. The molecule has 1 aromatic heterocycles. The highest BCUT2D eigenvalue weighted by Crippen LogP contribution is 2.29. The topological polar surface area (TPSA) is 162 Å². The molecule has 40 heavy (non-hydrogen) atoms. The molecule has 3 amide bonds. The summed E-state index contributed by atoms with van der Waals surface area (Å²) in [7, 11) is 1.51. The average molecular weight is 571 g/mol. The maximum Gasteiger partial charge on any atom is 0.345 e. The number of hydrogen-bond acceptors (Lipinski definition) is 7. The number of imide groups is 1. The number of aromatic nitrogens is 3. The molecule has 0 saturated carbocycles. The van der Waals surface area contributed by atoms with E-state index in [1.807, 2.05) is 6.92 Å². The van der Waals surface area contributed by atoms with Crippen LogP contribution in [0.1, 0.15) is 53.6 Å². The summed E-state index contributed by atoms with van der Waals surface area (Å²) >= 11 is 6.21. The second-order valence-corrected chi connectivity index (χ2v) is 9.91. The summed E-state index contributed by atoms with van der Waals surface area (Å²) in [5.41, 5.74) is 6.82. The molecule has 212 valence electrons. The number of rotatable bonds is 8. The molecule has 0 bridgehead atoms. The Balaban J connectivity index is 1.68. The van der Waals surface area contributed by atoms with Gasteiger partial charge >= 0.3 is 17.7 Å². The summed E-state index contributed by atoms with van der Waals surface area (Å²) in [5.74, 6) is -1.61. The van der Waals surface area contributed by atoms with E-state index in [-0.39, 0.29) is 36.5 Å². The Hall–Kier alpha value is -4.32. The van der Waals surface area contributed by atoms with Crippen LogP contribution in [0.2, 0.25) is 5.02 Å². The number of carboxylic acids is 1. The first-order valence-corrected chi connectivity index (χ1v) is 13.2. The fourth-order valence-electron chi connectivity index (χ4n) is 4.87. The third kappa shape index (κ3) is 5.67. The van der Waals surface area contributed by atoms with Gasteiger partial charge in [0.15, 0.2) is 5.82 Å². The van der Waals surface area contributed by atoms with Crippen molar-refractivity contribution < 1.29 is 24.2 Å². The number of nitrogens with one attached hydrogen (secondary N) is 1. The number of aryl methyl sites for hydroxylation is 1. The van der Waals surface area contributed by atoms with E-state index in [1.54, 1.807) is 31.2 Å². The second-order valence-electron chi connectivity index (χ2n) is 9.47. The van der Waals surface area contributed by atoms with Crippen molar-refractivity contribution in [1.82, 2.24) is 24.6 Å². The standard InChI is InChI=1S/C27H31ClN6O6/c1-4-21(15-6-8-19(25(36)37)20(29)12-15)30-26(38)33-14-23-31-34(5-2)27(39)32(23)13-17(24(33)35)10-16-11-18(28)7-9-22(16)40-3/h6-9,11-12,17,21H,4-5,10,13-14,29H2,1-3H3,(H,30,38)(H,36,37). The first-order valence-electron chi connectivity index (χ1n) is 12.8. The number of nitrogens with zero attached hydrogens (tertiary/aromatic N) is 4. The molecule has 0 saturated heterocycles. The van der Waals surface area contributed by atoms with E-state index in [0.717, 1.165) is 4.90 Å². The number of hydrogen-bond donors (Lipinski definition) is 3. The quantitative estimate of drug-likeness (QED) is 0.348. The lowest BCUT2D eigenvalue weighted by Gasteiger charge is -2.26. The molecule has 0 radical (unpaired) electrons. The predicted octanol–water partition coefficient (Wildman–Crippen LogP) is 3.07. The van der Waals surface area contributed by atoms with E-state index in [4.69, 9.17) is 22.1 Å². The molecule has 0 spiro atoms. The Bertz CT molecular complexity index is 1520. The number of nitrogen functional groups attached to an aromatic ring is 1. The van der Waals surface area contributed by atoms with Gasteiger partial charge in [0.1, 0.15) is 5.75 Å². The number of nitrogens with two attached hydrogens (primary N) is 1. The van der Waals surface area contributed by atoms with Crippen molar-refractivity contribution in [2.24, 2.45) is 5.92 Å². The van der Waals surface area contributed by atoms with Crippen molar-refractivity contribution in [3.63, 3.8) is 0 Å². The second kappa shape index (κ2) is 11.8. The normalized spacial score (nSPS) is 15.8. The number of carbonyl (C=O) groups excluding carboxylic acids is 2. The fraction of sp³-hybridized carbons (Fsp3) is 0.370. The van der Waals surface area contributed by atoms with E-state index in [9.17, 15) is 24.3 Å². The molecule has 4 rings (SSSR count). The van der Waals surface area contributed by atoms with Gasteiger partial charge in [-0.25, -0.2) is 19.1 Å². The van der Waals surface area contributed by atoms with Crippen LogP contribution in [0.25, 0.3) is 0 Å². The Morgan fingerprint density at radius 3 is 2.60 bits per heavy atom. The number of anilines is 1. The van der Waals surface area contributed by atoms with Gasteiger partial charge in [0.25, 0.3) is 0 Å². The molecule has 1 aliphatic heterocycles. The fourth-order valence-corrected chi connectivity index (χ4v) is 5.06. The molecule has 4 N–H and O–H groups in total. The minimum absolute atomic E-state index is 0.0246. The molecule has 0 aliphatic carbocycles. The number of benzene rings is 2. The maximum absolute atomic E-state index is 13.8. The highest BCUT2D eigenvalue weighted by Gasteiger charge is 2.36. The van der Waals surface area contributed by atoms with Crippen LogP contribution in [0.3, 0.4) is 0 Å². The third-order valence-electron chi connectivity index (χ3n) is 6.98. The van der Waals surface area contributed by atoms with Gasteiger partial charge in [0.05, 0.1) is 31.2 Å². The first kappa shape index (κ1) is 28.7. The molecular weight excluding hydrogens is 540 g/mol. The van der Waals surface area contributed by atoms with E-state index < -0.39 is 29.9 Å². The lowest BCUT2D eigenvalue weighted by Crippen LogP contribution is -2.46. The van der Waals surface area contributed by atoms with E-state index in [0.29, 0.717) is 40.7 Å². The van der Waals surface area contributed by atoms with Gasteiger partial charge < -0.3 is 20.9 Å². The number of urea groups is 1. The minimum Gasteiger partial charge on any atom is -0.496 e. The summed E-state index contributed by atoms with van der Waals surface area (Å²) < 4.78 is 8.17. The molecule has 1 aliphatic rings. The van der Waals surface area contributed by atoms with Gasteiger partial charge in [-0.3, -0.25) is 14.3 Å². The lowest BCUT2D eigenvalue weighted by molar-refractivity contribution is -0.132. The molecule has 2 heterocycles. The molecule has 2 unspecified atom stereocenters. The molecule has 3 aromatic rings. The highest BCUT2D eigenvalue weighted by molar-refractivity contribution is 6.30. The molecule has 2 aromatic carbocycles. The molecule has 0 fully saturated rings. The Labute approximate surface area is 235 Å². The summed E-state index contributed by atoms with van der Waals surface area (Å²) in [5, 5.41) is 17.0. The first-order chi connectivity index (χ1) is 19.1. The van der Waals surface area contributed by atoms with E-state index in [2.05, 4.69) is 10.4 Å². The summed E-state index contributed by atoms with van der Waals surface area (Å²) in [6.45, 7) is 3.78. The monoisotopic (exact) mass is 570 g/mol. The Morgan fingerprint density at radius 2 is 1.98 bits per heavy atom. The van der Waals surface area contributed by atoms with Gasteiger partial charge in [0, 0.05) is 23.8 Å². The summed E-state index contributed by atoms with van der Waals surface area (Å²) in [6, 6.07) is 8.29. The zero-order chi connectivity index (χ0) is 29.1. The predicted molar refractivity (Wildman–Crippen MR) is 147 cm³/mol. The smallest absolute Gasteiger partial charge is 0.345 e. The van der Waals surface area contributed by atoms with Gasteiger partial charge in [-0.05, 0) is 61.2 Å². The van der Waals surface area contributed by atoms with Crippen molar-refractivity contribution in [2.75, 3.05) is 12.8 Å². The van der Waals surface area contributed by atoms with Crippen LogP contribution in [0, 0.1) is 5.92 Å². The largest absolute Gasteiger partial charge is 0.496 e. The zero-order valence-corrected chi connectivity index (χ0v) is 23.1. The Morgan fingerprint density at radius 1 is 1.23 bits per heavy atom. The van der Waals surface area contributed by atoms with Gasteiger partial charge in [-0.15, -0.1) is 0 Å². The number of methoxy groups -OCH3 is 1. The van der Waals surface area contributed by atoms with Crippen LogP contribution in [0.15, 0.2) is 41.2 Å². The Kier molecular flexibility index (Phi) is 8.48.